The number of hydrogen-bond acceptors (Lipinski definition) is 4. The molecule has 0 aliphatic carbocycles. The second-order valence-electron chi connectivity index (χ2n) is 6.74. The monoisotopic (exact) mass is 572 g/mol. The maximum atomic E-state index is 14.0. The van der Waals surface area contributed by atoms with Gasteiger partial charge in [-0.1, -0.05) is 87.8 Å². The van der Waals surface area contributed by atoms with Crippen molar-refractivity contribution in [1.29, 1.82) is 0 Å². The molecule has 0 radical (unpaired) electrons. The minimum Gasteiger partial charge on any atom is -0.383 e. The average molecular weight is 575 g/mol. The van der Waals surface area contributed by atoms with Gasteiger partial charge in [-0.3, -0.25) is 0 Å². The largest absolute Gasteiger partial charge is 0.647 e. The van der Waals surface area contributed by atoms with Crippen LogP contribution in [0.2, 0.25) is 30.1 Å². The van der Waals surface area contributed by atoms with Crippen molar-refractivity contribution in [2.45, 2.75) is 20.8 Å². The van der Waals surface area contributed by atoms with Crippen molar-refractivity contribution >= 4 is 77.4 Å². The van der Waals surface area contributed by atoms with Crippen LogP contribution in [0.5, 0.6) is 17.2 Å². The fourth-order valence-corrected chi connectivity index (χ4v) is 5.55. The Morgan fingerprint density at radius 2 is 0.781 bits per heavy atom. The highest BCUT2D eigenvalue weighted by molar-refractivity contribution is 7.49. The average Bonchev–Trinajstić information content (AvgIpc) is 2.75. The molecule has 0 bridgehead atoms. The first kappa shape index (κ1) is 25.6. The standard InChI is InChI=1S/C21H15Cl6O4P/c1-10-4-7-13(22)19(16(10)25)29-32(28,30-20-14(23)8-5-11(2)17(20)26)31-21-15(24)9-6-12(3)18(21)27/h4-9H,1-3H3. The van der Waals surface area contributed by atoms with Crippen molar-refractivity contribution in [3.8, 4) is 17.2 Å². The molecule has 0 saturated heterocycles. The maximum absolute atomic E-state index is 14.0. The molecule has 0 aliphatic rings. The molecule has 0 heterocycles. The van der Waals surface area contributed by atoms with Gasteiger partial charge in [0.05, 0.1) is 30.1 Å². The third-order valence-corrected chi connectivity index (χ3v) is 7.86. The predicted molar refractivity (Wildman–Crippen MR) is 133 cm³/mol. The summed E-state index contributed by atoms with van der Waals surface area (Å²) in [5.74, 6) is -0.343. The quantitative estimate of drug-likeness (QED) is 0.275. The Bertz CT molecular complexity index is 1100. The fourth-order valence-electron chi connectivity index (χ4n) is 2.54. The molecule has 3 rings (SSSR count). The van der Waals surface area contributed by atoms with E-state index in [1.54, 1.807) is 39.0 Å². The van der Waals surface area contributed by atoms with Gasteiger partial charge in [0.15, 0.2) is 17.2 Å². The summed E-state index contributed by atoms with van der Waals surface area (Å²) in [5, 5.41) is 0.594. The van der Waals surface area contributed by atoms with Crippen LogP contribution in [0.3, 0.4) is 0 Å². The van der Waals surface area contributed by atoms with E-state index in [0.717, 1.165) is 0 Å². The summed E-state index contributed by atoms with van der Waals surface area (Å²) >= 11 is 37.7. The van der Waals surface area contributed by atoms with E-state index in [0.29, 0.717) is 16.7 Å². The van der Waals surface area contributed by atoms with E-state index in [2.05, 4.69) is 0 Å². The van der Waals surface area contributed by atoms with Crippen molar-refractivity contribution in [2.75, 3.05) is 0 Å². The topological polar surface area (TPSA) is 44.8 Å². The van der Waals surface area contributed by atoms with Crippen LogP contribution >= 0.6 is 77.4 Å². The van der Waals surface area contributed by atoms with Crippen LogP contribution in [-0.2, 0) is 4.57 Å². The first-order valence-electron chi connectivity index (χ1n) is 8.96. The number of phosphoric ester groups is 1. The van der Waals surface area contributed by atoms with E-state index in [9.17, 15) is 4.57 Å². The van der Waals surface area contributed by atoms with Crippen molar-refractivity contribution in [1.82, 2.24) is 0 Å². The van der Waals surface area contributed by atoms with Gasteiger partial charge in [0.2, 0.25) is 0 Å². The molecule has 0 aliphatic heterocycles. The van der Waals surface area contributed by atoms with E-state index in [1.165, 1.54) is 18.2 Å². The molecule has 0 amide bonds. The van der Waals surface area contributed by atoms with Gasteiger partial charge >= 0.3 is 7.82 Å². The molecule has 0 spiro atoms. The molecule has 0 atom stereocenters. The molecule has 0 unspecified atom stereocenters. The first-order chi connectivity index (χ1) is 14.9. The molecule has 3 aromatic rings. The summed E-state index contributed by atoms with van der Waals surface area (Å²) < 4.78 is 30.9. The number of halogens is 6. The molecule has 0 N–H and O–H groups in total. The summed E-state index contributed by atoms with van der Waals surface area (Å²) in [6.45, 7) is 5.17. The van der Waals surface area contributed by atoms with E-state index < -0.39 is 7.82 Å². The Balaban J connectivity index is 2.16. The highest BCUT2D eigenvalue weighted by Crippen LogP contribution is 2.57. The van der Waals surface area contributed by atoms with E-state index in [4.69, 9.17) is 83.2 Å². The molecule has 3 aromatic carbocycles. The molecule has 170 valence electrons. The lowest BCUT2D eigenvalue weighted by molar-refractivity contribution is 0.298. The number of rotatable bonds is 6. The highest BCUT2D eigenvalue weighted by atomic mass is 35.5. The molecule has 0 saturated carbocycles. The zero-order valence-electron chi connectivity index (χ0n) is 16.8. The van der Waals surface area contributed by atoms with Crippen LogP contribution in [0.15, 0.2) is 36.4 Å². The summed E-state index contributed by atoms with van der Waals surface area (Å²) in [5.41, 5.74) is 1.86. The Morgan fingerprint density at radius 1 is 0.531 bits per heavy atom. The zero-order valence-corrected chi connectivity index (χ0v) is 22.2. The second kappa shape index (κ2) is 10.1. The Labute approximate surface area is 215 Å². The van der Waals surface area contributed by atoms with Crippen LogP contribution in [0.25, 0.3) is 0 Å². The second-order valence-corrected chi connectivity index (χ2v) is 10.5. The normalized spacial score (nSPS) is 11.4. The van der Waals surface area contributed by atoms with E-state index in [1.807, 2.05) is 0 Å². The van der Waals surface area contributed by atoms with Gasteiger partial charge in [0, 0.05) is 0 Å². The minimum atomic E-state index is -4.61. The maximum Gasteiger partial charge on any atom is 0.647 e. The van der Waals surface area contributed by atoms with Gasteiger partial charge in [0.1, 0.15) is 0 Å². The van der Waals surface area contributed by atoms with E-state index >= 15 is 0 Å². The van der Waals surface area contributed by atoms with Gasteiger partial charge in [-0.15, -0.1) is 0 Å². The van der Waals surface area contributed by atoms with Gasteiger partial charge < -0.3 is 13.6 Å². The van der Waals surface area contributed by atoms with Crippen molar-refractivity contribution < 1.29 is 18.1 Å². The van der Waals surface area contributed by atoms with Gasteiger partial charge in [-0.05, 0) is 55.7 Å². The van der Waals surface area contributed by atoms with Crippen molar-refractivity contribution in [3.05, 3.63) is 83.2 Å². The molecular formula is C21H15Cl6O4P. The fraction of sp³-hybridized carbons (Fsp3) is 0.143. The Morgan fingerprint density at radius 3 is 1.03 bits per heavy atom. The van der Waals surface area contributed by atoms with Crippen molar-refractivity contribution in [2.24, 2.45) is 0 Å². The third kappa shape index (κ3) is 5.39. The molecule has 0 aromatic heterocycles. The van der Waals surface area contributed by atoms with Crippen LogP contribution in [0.1, 0.15) is 16.7 Å². The van der Waals surface area contributed by atoms with Crippen LogP contribution in [0, 0.1) is 20.8 Å². The smallest absolute Gasteiger partial charge is 0.383 e. The van der Waals surface area contributed by atoms with Crippen LogP contribution < -0.4 is 13.6 Å². The number of benzene rings is 3. The van der Waals surface area contributed by atoms with Crippen LogP contribution in [-0.4, -0.2) is 0 Å². The number of phosphoric acid groups is 1. The summed E-state index contributed by atoms with van der Waals surface area (Å²) in [6, 6.07) is 9.61. The SMILES string of the molecule is Cc1ccc(Cl)c(OP(=O)(Oc2c(Cl)ccc(C)c2Cl)Oc2c(Cl)ccc(C)c2Cl)c1Cl. The lowest BCUT2D eigenvalue weighted by Crippen LogP contribution is -2.10. The predicted octanol–water partition coefficient (Wildman–Crippen LogP) is 10.2. The van der Waals surface area contributed by atoms with Crippen LogP contribution in [0.4, 0.5) is 0 Å². The van der Waals surface area contributed by atoms with Crippen molar-refractivity contribution in [3.63, 3.8) is 0 Å². The number of hydrogen-bond donors (Lipinski definition) is 0. The zero-order chi connectivity index (χ0) is 23.8. The van der Waals surface area contributed by atoms with E-state index in [-0.39, 0.29) is 47.4 Å². The van der Waals surface area contributed by atoms with Gasteiger partial charge in [0.25, 0.3) is 0 Å². The Kier molecular flexibility index (Phi) is 8.10. The highest BCUT2D eigenvalue weighted by Gasteiger charge is 2.38. The van der Waals surface area contributed by atoms with Gasteiger partial charge in [-0.2, -0.15) is 4.57 Å². The first-order valence-corrected chi connectivity index (χ1v) is 12.7. The van der Waals surface area contributed by atoms with Gasteiger partial charge in [-0.25, -0.2) is 0 Å². The molecule has 0 fully saturated rings. The third-order valence-electron chi connectivity index (χ3n) is 4.34. The lowest BCUT2D eigenvalue weighted by atomic mass is 10.2. The summed E-state index contributed by atoms with van der Waals surface area (Å²) in [4.78, 5) is 0. The number of aryl methyl sites for hydroxylation is 3. The minimum absolute atomic E-state index is 0.0795. The molecule has 32 heavy (non-hydrogen) atoms. The summed E-state index contributed by atoms with van der Waals surface area (Å²) in [6.07, 6.45) is 0. The summed E-state index contributed by atoms with van der Waals surface area (Å²) in [7, 11) is -4.61. The molecule has 4 nitrogen and oxygen atoms in total. The molecule has 11 heteroatoms. The Hall–Kier alpha value is -0.970. The molecular weight excluding hydrogens is 560 g/mol. The lowest BCUT2D eigenvalue weighted by Gasteiger charge is -2.23.